The van der Waals surface area contributed by atoms with Crippen molar-refractivity contribution < 1.29 is 14.2 Å². The Balaban J connectivity index is 3.25. The first-order valence-electron chi connectivity index (χ1n) is 4.88. The summed E-state index contributed by atoms with van der Waals surface area (Å²) < 4.78 is 18.4. The Morgan fingerprint density at radius 1 is 1.53 bits per heavy atom. The number of aliphatic hydroxyl groups excluding tert-OH is 1. The summed E-state index contributed by atoms with van der Waals surface area (Å²) >= 11 is 0. The van der Waals surface area contributed by atoms with E-state index in [4.69, 9.17) is 10.5 Å². The maximum atomic E-state index is 13.5. The van der Waals surface area contributed by atoms with Crippen molar-refractivity contribution in [1.29, 1.82) is 0 Å². The average molecular weight is 213 g/mol. The molecule has 0 spiro atoms. The molecule has 1 aromatic rings. The summed E-state index contributed by atoms with van der Waals surface area (Å²) in [7, 11) is 1.37. The van der Waals surface area contributed by atoms with Gasteiger partial charge >= 0.3 is 0 Å². The molecule has 15 heavy (non-hydrogen) atoms. The summed E-state index contributed by atoms with van der Waals surface area (Å²) in [4.78, 5) is 0. The Morgan fingerprint density at radius 2 is 2.20 bits per heavy atom. The van der Waals surface area contributed by atoms with Crippen LogP contribution in [-0.4, -0.2) is 18.8 Å². The van der Waals surface area contributed by atoms with Gasteiger partial charge in [-0.15, -0.1) is 0 Å². The number of hydrogen-bond acceptors (Lipinski definition) is 3. The van der Waals surface area contributed by atoms with Crippen molar-refractivity contribution in [2.75, 3.05) is 13.7 Å². The highest BCUT2D eigenvalue weighted by atomic mass is 19.1. The second-order valence-electron chi connectivity index (χ2n) is 3.31. The van der Waals surface area contributed by atoms with Crippen LogP contribution in [0.2, 0.25) is 0 Å². The van der Waals surface area contributed by atoms with Crippen LogP contribution in [0.25, 0.3) is 0 Å². The lowest BCUT2D eigenvalue weighted by Gasteiger charge is -2.15. The van der Waals surface area contributed by atoms with Crippen molar-refractivity contribution in [2.24, 2.45) is 5.73 Å². The maximum absolute atomic E-state index is 13.5. The number of ether oxygens (including phenoxy) is 1. The van der Waals surface area contributed by atoms with Crippen molar-refractivity contribution in [2.45, 2.75) is 19.4 Å². The molecular weight excluding hydrogens is 197 g/mol. The molecule has 0 amide bonds. The van der Waals surface area contributed by atoms with E-state index in [2.05, 4.69) is 0 Å². The van der Waals surface area contributed by atoms with Crippen LogP contribution in [0.5, 0.6) is 5.75 Å². The Kier molecular flexibility index (Phi) is 4.05. The average Bonchev–Trinajstić information content (AvgIpc) is 2.26. The number of aliphatic hydroxyl groups is 1. The summed E-state index contributed by atoms with van der Waals surface area (Å²) in [5.74, 6) is -0.385. The Morgan fingerprint density at radius 3 is 2.67 bits per heavy atom. The number of methoxy groups -OCH3 is 1. The normalized spacial score (nSPS) is 12.6. The van der Waals surface area contributed by atoms with Gasteiger partial charge in [-0.25, -0.2) is 4.39 Å². The summed E-state index contributed by atoms with van der Waals surface area (Å²) in [6.45, 7) is 1.96. The number of hydrogen-bond donors (Lipinski definition) is 2. The number of rotatable bonds is 4. The van der Waals surface area contributed by atoms with Gasteiger partial charge in [-0.05, 0) is 24.1 Å². The van der Waals surface area contributed by atoms with Gasteiger partial charge in [0.2, 0.25) is 0 Å². The minimum atomic E-state index is -0.888. The van der Waals surface area contributed by atoms with Crippen LogP contribution in [0.3, 0.4) is 0 Å². The molecule has 1 rings (SSSR count). The third-order valence-electron chi connectivity index (χ3n) is 2.33. The van der Waals surface area contributed by atoms with Gasteiger partial charge in [0.25, 0.3) is 0 Å². The predicted molar refractivity (Wildman–Crippen MR) is 56.3 cm³/mol. The van der Waals surface area contributed by atoms with Crippen molar-refractivity contribution in [1.82, 2.24) is 0 Å². The fraction of sp³-hybridized carbons (Fsp3) is 0.455. The Labute approximate surface area is 88.7 Å². The first-order chi connectivity index (χ1) is 7.13. The SMILES string of the molecule is CCc1cc(F)c(OC)c(C(O)CN)c1. The van der Waals surface area contributed by atoms with E-state index in [0.717, 1.165) is 5.56 Å². The first-order valence-corrected chi connectivity index (χ1v) is 4.88. The second kappa shape index (κ2) is 5.09. The van der Waals surface area contributed by atoms with Gasteiger partial charge in [-0.2, -0.15) is 0 Å². The molecule has 0 heterocycles. The van der Waals surface area contributed by atoms with E-state index in [1.807, 2.05) is 6.92 Å². The van der Waals surface area contributed by atoms with Crippen molar-refractivity contribution in [3.63, 3.8) is 0 Å². The zero-order valence-electron chi connectivity index (χ0n) is 8.96. The van der Waals surface area contributed by atoms with Gasteiger partial charge < -0.3 is 15.6 Å². The van der Waals surface area contributed by atoms with E-state index in [9.17, 15) is 9.50 Å². The zero-order chi connectivity index (χ0) is 11.4. The van der Waals surface area contributed by atoms with E-state index in [-0.39, 0.29) is 12.3 Å². The molecule has 0 radical (unpaired) electrons. The Bertz CT molecular complexity index is 342. The molecule has 1 unspecified atom stereocenters. The molecule has 0 aliphatic rings. The number of nitrogens with two attached hydrogens (primary N) is 1. The fourth-order valence-electron chi connectivity index (χ4n) is 1.47. The molecule has 0 aliphatic carbocycles. The van der Waals surface area contributed by atoms with E-state index < -0.39 is 11.9 Å². The molecule has 3 nitrogen and oxygen atoms in total. The molecule has 0 aliphatic heterocycles. The quantitative estimate of drug-likeness (QED) is 0.794. The van der Waals surface area contributed by atoms with E-state index in [1.165, 1.54) is 13.2 Å². The molecule has 0 bridgehead atoms. The molecule has 0 saturated carbocycles. The van der Waals surface area contributed by atoms with Crippen LogP contribution >= 0.6 is 0 Å². The highest BCUT2D eigenvalue weighted by Crippen LogP contribution is 2.29. The molecule has 4 heteroatoms. The second-order valence-corrected chi connectivity index (χ2v) is 3.31. The molecule has 3 N–H and O–H groups in total. The van der Waals surface area contributed by atoms with Gasteiger partial charge in [-0.1, -0.05) is 6.92 Å². The summed E-state index contributed by atoms with van der Waals surface area (Å²) in [5.41, 5.74) is 6.57. The lowest BCUT2D eigenvalue weighted by molar-refractivity contribution is 0.180. The van der Waals surface area contributed by atoms with Crippen LogP contribution in [0.1, 0.15) is 24.2 Å². The van der Waals surface area contributed by atoms with Crippen LogP contribution < -0.4 is 10.5 Å². The van der Waals surface area contributed by atoms with Crippen LogP contribution in [0.4, 0.5) is 4.39 Å². The topological polar surface area (TPSA) is 55.5 Å². The van der Waals surface area contributed by atoms with Crippen molar-refractivity contribution >= 4 is 0 Å². The third kappa shape index (κ3) is 2.46. The van der Waals surface area contributed by atoms with E-state index in [0.29, 0.717) is 12.0 Å². The summed E-state index contributed by atoms with van der Waals surface area (Å²) in [6, 6.07) is 3.13. The smallest absolute Gasteiger partial charge is 0.165 e. The van der Waals surface area contributed by atoms with Gasteiger partial charge in [0.1, 0.15) is 0 Å². The molecule has 84 valence electrons. The number of benzene rings is 1. The number of halogens is 1. The van der Waals surface area contributed by atoms with Crippen LogP contribution in [0, 0.1) is 5.82 Å². The first kappa shape index (κ1) is 11.9. The minimum absolute atomic E-state index is 0.0446. The maximum Gasteiger partial charge on any atom is 0.165 e. The molecule has 0 aromatic heterocycles. The molecule has 0 saturated heterocycles. The van der Waals surface area contributed by atoms with Gasteiger partial charge in [0.05, 0.1) is 13.2 Å². The van der Waals surface area contributed by atoms with Crippen molar-refractivity contribution in [3.05, 3.63) is 29.1 Å². The summed E-state index contributed by atoms with van der Waals surface area (Å²) in [6.07, 6.45) is -0.188. The van der Waals surface area contributed by atoms with Crippen LogP contribution in [-0.2, 0) is 6.42 Å². The Hall–Kier alpha value is -1.13. The standard InChI is InChI=1S/C11H16FNO2/c1-3-7-4-8(10(14)6-13)11(15-2)9(12)5-7/h4-5,10,14H,3,6,13H2,1-2H3. The van der Waals surface area contributed by atoms with E-state index >= 15 is 0 Å². The number of aryl methyl sites for hydroxylation is 1. The van der Waals surface area contributed by atoms with Gasteiger partial charge in [0.15, 0.2) is 11.6 Å². The lowest BCUT2D eigenvalue weighted by Crippen LogP contribution is -2.13. The van der Waals surface area contributed by atoms with E-state index in [1.54, 1.807) is 6.07 Å². The monoisotopic (exact) mass is 213 g/mol. The molecular formula is C11H16FNO2. The zero-order valence-corrected chi connectivity index (χ0v) is 8.96. The molecule has 1 aromatic carbocycles. The molecule has 0 fully saturated rings. The highest BCUT2D eigenvalue weighted by molar-refractivity contribution is 5.40. The minimum Gasteiger partial charge on any atom is -0.493 e. The van der Waals surface area contributed by atoms with Crippen molar-refractivity contribution in [3.8, 4) is 5.75 Å². The van der Waals surface area contributed by atoms with Gasteiger partial charge in [-0.3, -0.25) is 0 Å². The van der Waals surface area contributed by atoms with Gasteiger partial charge in [0, 0.05) is 12.1 Å². The molecule has 1 atom stereocenters. The van der Waals surface area contributed by atoms with Crippen LogP contribution in [0.15, 0.2) is 12.1 Å². The lowest BCUT2D eigenvalue weighted by atomic mass is 10.0. The largest absolute Gasteiger partial charge is 0.493 e. The fourth-order valence-corrected chi connectivity index (χ4v) is 1.47. The highest BCUT2D eigenvalue weighted by Gasteiger charge is 2.16. The third-order valence-corrected chi connectivity index (χ3v) is 2.33. The predicted octanol–water partition coefficient (Wildman–Crippen LogP) is 1.39. The summed E-state index contributed by atoms with van der Waals surface area (Å²) in [5, 5.41) is 9.61.